The van der Waals surface area contributed by atoms with E-state index in [0.717, 1.165) is 6.07 Å². The Labute approximate surface area is 159 Å². The minimum Gasteiger partial charge on any atom is -0.422 e. The van der Waals surface area contributed by atoms with E-state index in [0.29, 0.717) is 0 Å². The van der Waals surface area contributed by atoms with Crippen molar-refractivity contribution in [2.24, 2.45) is 10.8 Å². The Bertz CT molecular complexity index is 729. The Morgan fingerprint density at radius 2 is 1.37 bits per heavy atom. The summed E-state index contributed by atoms with van der Waals surface area (Å²) in [5, 5.41) is 2.57. The zero-order valence-corrected chi connectivity index (χ0v) is 17.0. The third-order valence-corrected chi connectivity index (χ3v) is 3.51. The van der Waals surface area contributed by atoms with E-state index < -0.39 is 28.6 Å². The van der Waals surface area contributed by atoms with Gasteiger partial charge in [-0.3, -0.25) is 14.4 Å². The molecule has 0 fully saturated rings. The third kappa shape index (κ3) is 7.00. The molecular weight excluding hydrogens is 352 g/mol. The second-order valence-electron chi connectivity index (χ2n) is 8.40. The SMILES string of the molecule is CC(=O)NCCc1cc(OC(=O)C(C)(C)C)c(OC(=O)C(C)(C)C)cc1[18F]. The predicted octanol–water partition coefficient (Wildman–Crippen LogP) is 3.41. The molecule has 0 aliphatic rings. The van der Waals surface area contributed by atoms with Gasteiger partial charge in [0.05, 0.1) is 10.8 Å². The highest BCUT2D eigenvalue weighted by atomic mass is 18.2. The van der Waals surface area contributed by atoms with Crippen LogP contribution in [-0.2, 0) is 20.8 Å². The summed E-state index contributed by atoms with van der Waals surface area (Å²) in [6.07, 6.45) is 0.193. The summed E-state index contributed by atoms with van der Waals surface area (Å²) in [7, 11) is 0. The van der Waals surface area contributed by atoms with Gasteiger partial charge >= 0.3 is 11.9 Å². The Kier molecular flexibility index (Phi) is 7.11. The first kappa shape index (κ1) is 22.6. The van der Waals surface area contributed by atoms with Gasteiger partial charge in [0.2, 0.25) is 5.91 Å². The van der Waals surface area contributed by atoms with Crippen molar-refractivity contribution in [1.29, 1.82) is 0 Å². The molecule has 1 rings (SSSR count). The summed E-state index contributed by atoms with van der Waals surface area (Å²) in [6.45, 7) is 11.6. The number of benzene rings is 1. The van der Waals surface area contributed by atoms with Gasteiger partial charge in [-0.2, -0.15) is 0 Å². The molecule has 1 aromatic rings. The molecule has 0 bridgehead atoms. The molecule has 1 aromatic carbocycles. The molecule has 0 aliphatic heterocycles. The lowest BCUT2D eigenvalue weighted by Crippen LogP contribution is -2.28. The molecule has 0 saturated carbocycles. The van der Waals surface area contributed by atoms with Crippen molar-refractivity contribution in [1.82, 2.24) is 5.32 Å². The van der Waals surface area contributed by atoms with Crippen LogP contribution in [0.1, 0.15) is 54.0 Å². The fourth-order valence-electron chi connectivity index (χ4n) is 1.81. The minimum absolute atomic E-state index is 0.0354. The molecule has 0 spiro atoms. The largest absolute Gasteiger partial charge is 0.422 e. The molecule has 0 aromatic heterocycles. The van der Waals surface area contributed by atoms with Crippen LogP contribution >= 0.6 is 0 Å². The lowest BCUT2D eigenvalue weighted by atomic mass is 9.97. The number of ether oxygens (including phenoxy) is 2. The third-order valence-electron chi connectivity index (χ3n) is 3.51. The first-order chi connectivity index (χ1) is 12.2. The highest BCUT2D eigenvalue weighted by molar-refractivity contribution is 5.81. The topological polar surface area (TPSA) is 81.7 Å². The van der Waals surface area contributed by atoms with Crippen LogP contribution in [0, 0.1) is 16.6 Å². The van der Waals surface area contributed by atoms with Crippen molar-refractivity contribution in [3.63, 3.8) is 0 Å². The number of esters is 2. The van der Waals surface area contributed by atoms with Gasteiger partial charge in [-0.15, -0.1) is 0 Å². The van der Waals surface area contributed by atoms with E-state index in [9.17, 15) is 18.8 Å². The fourth-order valence-corrected chi connectivity index (χ4v) is 1.81. The summed E-state index contributed by atoms with van der Waals surface area (Å²) < 4.78 is 25.1. The summed E-state index contributed by atoms with van der Waals surface area (Å²) in [5.74, 6) is -2.17. The smallest absolute Gasteiger partial charge is 0.316 e. The average Bonchev–Trinajstić information content (AvgIpc) is 2.48. The van der Waals surface area contributed by atoms with Gasteiger partial charge in [0.1, 0.15) is 5.82 Å². The van der Waals surface area contributed by atoms with Gasteiger partial charge < -0.3 is 14.8 Å². The van der Waals surface area contributed by atoms with Crippen LogP contribution < -0.4 is 14.8 Å². The molecule has 1 N–H and O–H groups in total. The number of nitrogens with one attached hydrogen (secondary N) is 1. The van der Waals surface area contributed by atoms with E-state index in [2.05, 4.69) is 5.32 Å². The summed E-state index contributed by atoms with van der Waals surface area (Å²) in [5.41, 5.74) is -1.38. The molecule has 0 radical (unpaired) electrons. The van der Waals surface area contributed by atoms with Crippen molar-refractivity contribution >= 4 is 17.8 Å². The molecule has 150 valence electrons. The fraction of sp³-hybridized carbons (Fsp3) is 0.550. The first-order valence-corrected chi connectivity index (χ1v) is 8.73. The highest BCUT2D eigenvalue weighted by Gasteiger charge is 2.29. The molecule has 0 aliphatic carbocycles. The van der Waals surface area contributed by atoms with Gasteiger partial charge in [-0.05, 0) is 59.6 Å². The van der Waals surface area contributed by atoms with Crippen molar-refractivity contribution < 1.29 is 28.2 Å². The monoisotopic (exact) mass is 380 g/mol. The van der Waals surface area contributed by atoms with E-state index in [1.54, 1.807) is 41.5 Å². The summed E-state index contributed by atoms with van der Waals surface area (Å²) in [4.78, 5) is 35.4. The molecule has 27 heavy (non-hydrogen) atoms. The van der Waals surface area contributed by atoms with Crippen LogP contribution in [-0.4, -0.2) is 24.4 Å². The summed E-state index contributed by atoms with van der Waals surface area (Å²) in [6, 6.07) is 2.35. The molecule has 0 atom stereocenters. The zero-order chi connectivity index (χ0) is 21.0. The number of hydrogen-bond donors (Lipinski definition) is 1. The van der Waals surface area contributed by atoms with Gasteiger partial charge in [0.15, 0.2) is 11.5 Å². The van der Waals surface area contributed by atoms with Crippen molar-refractivity contribution in [2.45, 2.75) is 54.9 Å². The Morgan fingerprint density at radius 3 is 1.78 bits per heavy atom. The van der Waals surface area contributed by atoms with E-state index in [1.165, 1.54) is 13.0 Å². The predicted molar refractivity (Wildman–Crippen MR) is 99.0 cm³/mol. The van der Waals surface area contributed by atoms with Gasteiger partial charge in [-0.1, -0.05) is 0 Å². The standard InChI is InChI=1S/C20H28FNO5/c1-12(23)22-9-8-13-10-15(26-17(24)19(2,3)4)16(11-14(13)21)27-18(25)20(5,6)7/h10-11H,8-9H2,1-7H3,(H,22,23)/i21-1. The number of halogens is 1. The van der Waals surface area contributed by atoms with Crippen LogP contribution in [0.2, 0.25) is 0 Å². The van der Waals surface area contributed by atoms with E-state index in [-0.39, 0.29) is 35.9 Å². The van der Waals surface area contributed by atoms with Gasteiger partial charge in [0.25, 0.3) is 0 Å². The minimum atomic E-state index is -0.814. The molecule has 6 nitrogen and oxygen atoms in total. The zero-order valence-electron chi connectivity index (χ0n) is 17.0. The first-order valence-electron chi connectivity index (χ1n) is 8.73. The van der Waals surface area contributed by atoms with Crippen LogP contribution in [0.4, 0.5) is 4.39 Å². The van der Waals surface area contributed by atoms with Gasteiger partial charge in [-0.25, -0.2) is 4.39 Å². The number of carbonyl (C=O) groups is 3. The highest BCUT2D eigenvalue weighted by Crippen LogP contribution is 2.34. The van der Waals surface area contributed by atoms with Crippen LogP contribution in [0.25, 0.3) is 0 Å². The molecule has 7 heteroatoms. The normalized spacial score (nSPS) is 11.7. The average molecular weight is 380 g/mol. The van der Waals surface area contributed by atoms with Gasteiger partial charge in [0, 0.05) is 19.5 Å². The van der Waals surface area contributed by atoms with E-state index in [4.69, 9.17) is 9.47 Å². The second kappa shape index (κ2) is 8.50. The maximum absolute atomic E-state index is 14.4. The van der Waals surface area contributed by atoms with Crippen LogP contribution in [0.15, 0.2) is 12.1 Å². The molecular formula is C20H28FNO5. The molecule has 0 unspecified atom stereocenters. The van der Waals surface area contributed by atoms with Crippen molar-refractivity contribution in [3.8, 4) is 11.5 Å². The molecule has 0 heterocycles. The Hall–Kier alpha value is -2.44. The quantitative estimate of drug-likeness (QED) is 0.625. The van der Waals surface area contributed by atoms with Crippen molar-refractivity contribution in [3.05, 3.63) is 23.5 Å². The van der Waals surface area contributed by atoms with Crippen LogP contribution in [0.5, 0.6) is 11.5 Å². The summed E-state index contributed by atoms with van der Waals surface area (Å²) >= 11 is 0. The van der Waals surface area contributed by atoms with E-state index >= 15 is 0 Å². The number of hydrogen-bond acceptors (Lipinski definition) is 5. The number of rotatable bonds is 5. The molecule has 1 amide bonds. The number of amides is 1. The maximum atomic E-state index is 14.4. The van der Waals surface area contributed by atoms with Crippen LogP contribution in [0.3, 0.4) is 0 Å². The lowest BCUT2D eigenvalue weighted by Gasteiger charge is -2.21. The Balaban J connectivity index is 3.22. The maximum Gasteiger partial charge on any atom is 0.316 e. The number of carbonyl (C=O) groups excluding carboxylic acids is 3. The van der Waals surface area contributed by atoms with Crippen molar-refractivity contribution in [2.75, 3.05) is 6.54 Å². The Morgan fingerprint density at radius 1 is 0.926 bits per heavy atom. The molecule has 0 saturated heterocycles. The van der Waals surface area contributed by atoms with E-state index in [1.807, 2.05) is 0 Å². The lowest BCUT2D eigenvalue weighted by molar-refractivity contribution is -0.145. The second-order valence-corrected chi connectivity index (χ2v) is 8.40.